The summed E-state index contributed by atoms with van der Waals surface area (Å²) in [5.41, 5.74) is 2.90. The summed E-state index contributed by atoms with van der Waals surface area (Å²) >= 11 is 3.47. The number of halogens is 1. The first-order chi connectivity index (χ1) is 7.40. The third kappa shape index (κ3) is 2.91. The number of hydrogen-bond acceptors (Lipinski definition) is 0. The number of alkyl halides is 1. The smallest absolute Gasteiger partial charge is 0.170 e. The van der Waals surface area contributed by atoms with Crippen molar-refractivity contribution in [3.8, 4) is 0 Å². The second kappa shape index (κ2) is 5.45. The average Bonchev–Trinajstić information content (AvgIpc) is 2.29. The molecular weight excluding hydrogens is 250 g/mol. The van der Waals surface area contributed by atoms with Crippen molar-refractivity contribution in [2.75, 3.05) is 18.4 Å². The predicted molar refractivity (Wildman–Crippen MR) is 68.3 cm³/mol. The highest BCUT2D eigenvalue weighted by Crippen LogP contribution is 2.11. The number of rotatable bonds is 4. The van der Waals surface area contributed by atoms with Crippen molar-refractivity contribution < 1.29 is 4.58 Å². The summed E-state index contributed by atoms with van der Waals surface area (Å²) in [6, 6.07) is 8.71. The van der Waals surface area contributed by atoms with Gasteiger partial charge in [0, 0.05) is 23.7 Å². The van der Waals surface area contributed by atoms with Crippen molar-refractivity contribution in [1.82, 2.24) is 0 Å². The van der Waals surface area contributed by atoms with Crippen molar-refractivity contribution in [3.63, 3.8) is 0 Å². The highest BCUT2D eigenvalue weighted by molar-refractivity contribution is 9.09. The van der Waals surface area contributed by atoms with E-state index in [9.17, 15) is 0 Å². The Hall–Kier alpha value is -0.630. The zero-order valence-electron chi connectivity index (χ0n) is 8.95. The molecule has 0 amide bonds. The van der Waals surface area contributed by atoms with E-state index in [1.54, 1.807) is 0 Å². The van der Waals surface area contributed by atoms with Gasteiger partial charge in [0.15, 0.2) is 6.21 Å². The van der Waals surface area contributed by atoms with Gasteiger partial charge in [0.2, 0.25) is 0 Å². The Morgan fingerprint density at radius 1 is 1.20 bits per heavy atom. The average molecular weight is 267 g/mol. The van der Waals surface area contributed by atoms with E-state index in [0.717, 1.165) is 5.33 Å². The number of hydrogen-bond donors (Lipinski definition) is 0. The lowest BCUT2D eigenvalue weighted by Crippen LogP contribution is -2.23. The molecule has 0 aromatic heterocycles. The molecule has 0 fully saturated rings. The Morgan fingerprint density at radius 3 is 2.93 bits per heavy atom. The SMILES string of the molecule is BrCCCC[N+]1=Cc2ccccc2CC1. The first kappa shape index (κ1) is 10.9. The molecule has 1 aromatic rings. The summed E-state index contributed by atoms with van der Waals surface area (Å²) in [6.45, 7) is 2.37. The van der Waals surface area contributed by atoms with Gasteiger partial charge in [0.1, 0.15) is 13.1 Å². The van der Waals surface area contributed by atoms with Crippen LogP contribution in [0.25, 0.3) is 0 Å². The van der Waals surface area contributed by atoms with Gasteiger partial charge in [-0.1, -0.05) is 34.1 Å². The second-order valence-electron chi connectivity index (χ2n) is 4.01. The molecule has 1 aliphatic heterocycles. The number of nitrogens with zero attached hydrogens (tertiary/aromatic N) is 1. The summed E-state index contributed by atoms with van der Waals surface area (Å²) in [6.07, 6.45) is 6.06. The van der Waals surface area contributed by atoms with E-state index in [1.807, 2.05) is 0 Å². The van der Waals surface area contributed by atoms with Gasteiger partial charge in [0.05, 0.1) is 0 Å². The minimum atomic E-state index is 1.12. The molecule has 1 heterocycles. The van der Waals surface area contributed by atoms with Gasteiger partial charge in [-0.2, -0.15) is 0 Å². The van der Waals surface area contributed by atoms with Crippen molar-refractivity contribution in [2.24, 2.45) is 0 Å². The minimum absolute atomic E-state index is 1.12. The fourth-order valence-electron chi connectivity index (χ4n) is 2.00. The van der Waals surface area contributed by atoms with Crippen LogP contribution in [-0.4, -0.2) is 29.2 Å². The topological polar surface area (TPSA) is 3.01 Å². The summed E-state index contributed by atoms with van der Waals surface area (Å²) in [5.74, 6) is 0. The molecule has 0 bridgehead atoms. The largest absolute Gasteiger partial charge is 0.235 e. The fraction of sp³-hybridized carbons (Fsp3) is 0.462. The molecule has 1 nitrogen and oxygen atoms in total. The van der Waals surface area contributed by atoms with Crippen LogP contribution >= 0.6 is 15.9 Å². The Bertz CT molecular complexity index is 357. The Morgan fingerprint density at radius 2 is 2.07 bits per heavy atom. The number of benzene rings is 1. The van der Waals surface area contributed by atoms with Gasteiger partial charge in [-0.05, 0) is 18.1 Å². The van der Waals surface area contributed by atoms with Crippen LogP contribution < -0.4 is 0 Å². The molecule has 0 aliphatic carbocycles. The van der Waals surface area contributed by atoms with E-state index in [1.165, 1.54) is 43.5 Å². The molecule has 2 heteroatoms. The monoisotopic (exact) mass is 266 g/mol. The highest BCUT2D eigenvalue weighted by Gasteiger charge is 2.14. The Balaban J connectivity index is 2.02. The third-order valence-corrected chi connectivity index (χ3v) is 3.43. The van der Waals surface area contributed by atoms with Crippen molar-refractivity contribution in [1.29, 1.82) is 0 Å². The van der Waals surface area contributed by atoms with Crippen LogP contribution in [0.1, 0.15) is 24.0 Å². The number of unbranched alkanes of at least 4 members (excludes halogenated alkanes) is 1. The zero-order chi connectivity index (χ0) is 10.5. The maximum Gasteiger partial charge on any atom is 0.170 e. The maximum absolute atomic E-state index is 3.47. The standard InChI is InChI=1S/C13H17BrN/c14-8-3-4-9-15-10-7-12-5-1-2-6-13(12)11-15/h1-2,5-6,11H,3-4,7-10H2/q+1. The molecule has 0 spiro atoms. The van der Waals surface area contributed by atoms with E-state index < -0.39 is 0 Å². The Labute approximate surface area is 100.0 Å². The highest BCUT2D eigenvalue weighted by atomic mass is 79.9. The zero-order valence-corrected chi connectivity index (χ0v) is 10.5. The summed E-state index contributed by atoms with van der Waals surface area (Å²) in [7, 11) is 0. The van der Waals surface area contributed by atoms with E-state index in [4.69, 9.17) is 0 Å². The first-order valence-electron chi connectivity index (χ1n) is 5.63. The quantitative estimate of drug-likeness (QED) is 0.448. The summed E-state index contributed by atoms with van der Waals surface area (Å²) in [5, 5.41) is 1.12. The molecule has 0 atom stereocenters. The fourth-order valence-corrected chi connectivity index (χ4v) is 2.40. The van der Waals surface area contributed by atoms with Gasteiger partial charge >= 0.3 is 0 Å². The van der Waals surface area contributed by atoms with Crippen LogP contribution in [0.2, 0.25) is 0 Å². The predicted octanol–water partition coefficient (Wildman–Crippen LogP) is 2.85. The molecule has 80 valence electrons. The first-order valence-corrected chi connectivity index (χ1v) is 6.75. The lowest BCUT2D eigenvalue weighted by molar-refractivity contribution is -0.524. The van der Waals surface area contributed by atoms with Crippen LogP contribution in [0, 0.1) is 0 Å². The minimum Gasteiger partial charge on any atom is -0.235 e. The van der Waals surface area contributed by atoms with Crippen LogP contribution in [0.15, 0.2) is 24.3 Å². The molecule has 2 rings (SSSR count). The lowest BCUT2D eigenvalue weighted by atomic mass is 10.0. The molecule has 1 aromatic carbocycles. The van der Waals surface area contributed by atoms with Gasteiger partial charge < -0.3 is 0 Å². The van der Waals surface area contributed by atoms with Gasteiger partial charge in [0.25, 0.3) is 0 Å². The molecule has 0 N–H and O–H groups in total. The van der Waals surface area contributed by atoms with E-state index >= 15 is 0 Å². The van der Waals surface area contributed by atoms with Crippen molar-refractivity contribution >= 4 is 22.1 Å². The van der Waals surface area contributed by atoms with Gasteiger partial charge in [-0.15, -0.1) is 0 Å². The molecule has 15 heavy (non-hydrogen) atoms. The van der Waals surface area contributed by atoms with E-state index in [2.05, 4.69) is 51.0 Å². The van der Waals surface area contributed by atoms with E-state index in [0.29, 0.717) is 0 Å². The van der Waals surface area contributed by atoms with Crippen LogP contribution in [-0.2, 0) is 6.42 Å². The van der Waals surface area contributed by atoms with Crippen molar-refractivity contribution in [3.05, 3.63) is 35.4 Å². The maximum atomic E-state index is 3.47. The van der Waals surface area contributed by atoms with Gasteiger partial charge in [-0.3, -0.25) is 0 Å². The summed E-state index contributed by atoms with van der Waals surface area (Å²) in [4.78, 5) is 0. The summed E-state index contributed by atoms with van der Waals surface area (Å²) < 4.78 is 2.45. The number of fused-ring (bicyclic) bond motifs is 1. The molecular formula is C13H17BrN+. The van der Waals surface area contributed by atoms with Crippen LogP contribution in [0.5, 0.6) is 0 Å². The second-order valence-corrected chi connectivity index (χ2v) is 4.80. The molecule has 1 aliphatic rings. The van der Waals surface area contributed by atoms with Crippen LogP contribution in [0.4, 0.5) is 0 Å². The Kier molecular flexibility index (Phi) is 3.95. The van der Waals surface area contributed by atoms with Crippen molar-refractivity contribution in [2.45, 2.75) is 19.3 Å². The third-order valence-electron chi connectivity index (χ3n) is 2.87. The molecule has 0 saturated heterocycles. The molecule has 0 radical (unpaired) electrons. The lowest BCUT2D eigenvalue weighted by Gasteiger charge is -2.11. The molecule has 0 unspecified atom stereocenters. The van der Waals surface area contributed by atoms with Crippen LogP contribution in [0.3, 0.4) is 0 Å². The van der Waals surface area contributed by atoms with E-state index in [-0.39, 0.29) is 0 Å². The normalized spacial score (nSPS) is 14.6. The van der Waals surface area contributed by atoms with Gasteiger partial charge in [-0.25, -0.2) is 4.58 Å². The molecule has 0 saturated carbocycles.